The maximum absolute atomic E-state index is 11.6. The zero-order chi connectivity index (χ0) is 20.7. The van der Waals surface area contributed by atoms with E-state index in [1.807, 2.05) is 0 Å². The molecule has 11 nitrogen and oxygen atoms in total. The van der Waals surface area contributed by atoms with Crippen molar-refractivity contribution in [2.45, 2.75) is 57.5 Å². The van der Waals surface area contributed by atoms with Crippen molar-refractivity contribution in [2.24, 2.45) is 5.73 Å². The number of nitrogens with two attached hydrogens (primary N) is 2. The molecule has 0 aromatic heterocycles. The van der Waals surface area contributed by atoms with E-state index in [-0.39, 0.29) is 11.8 Å². The lowest BCUT2D eigenvalue weighted by Crippen LogP contribution is -2.66. The van der Waals surface area contributed by atoms with Crippen molar-refractivity contribution in [3.63, 3.8) is 0 Å². The Morgan fingerprint density at radius 2 is 1.59 bits per heavy atom. The highest BCUT2D eigenvalue weighted by Gasteiger charge is 2.51. The molecule has 0 saturated carbocycles. The van der Waals surface area contributed by atoms with Crippen molar-refractivity contribution in [3.8, 4) is 0 Å². The zero-order valence-electron chi connectivity index (χ0n) is 15.4. The highest BCUT2D eigenvalue weighted by Crippen LogP contribution is 2.32. The summed E-state index contributed by atoms with van der Waals surface area (Å²) in [5.74, 6) is -2.37. The van der Waals surface area contributed by atoms with Crippen LogP contribution in [0.1, 0.15) is 27.7 Å². The van der Waals surface area contributed by atoms with E-state index < -0.39 is 53.6 Å². The molecule has 0 spiro atoms. The molecule has 0 unspecified atom stereocenters. The lowest BCUT2D eigenvalue weighted by Gasteiger charge is -2.44. The summed E-state index contributed by atoms with van der Waals surface area (Å²) in [6, 6.07) is -0.934. The van der Waals surface area contributed by atoms with Gasteiger partial charge < -0.3 is 24.3 Å². The fourth-order valence-electron chi connectivity index (χ4n) is 2.53. The largest absolute Gasteiger partial charge is 0.463 e. The van der Waals surface area contributed by atoms with Crippen LogP contribution in [0.5, 0.6) is 0 Å². The average molecular weight is 406 g/mol. The number of rotatable bonds is 6. The van der Waals surface area contributed by atoms with Gasteiger partial charge in [-0.05, 0) is 11.8 Å². The van der Waals surface area contributed by atoms with E-state index in [4.69, 9.17) is 30.1 Å². The lowest BCUT2D eigenvalue weighted by molar-refractivity contribution is -0.211. The van der Waals surface area contributed by atoms with Crippen molar-refractivity contribution in [3.05, 3.63) is 0 Å². The van der Waals surface area contributed by atoms with Crippen LogP contribution in [-0.2, 0) is 38.1 Å². The van der Waals surface area contributed by atoms with Crippen molar-refractivity contribution in [2.75, 3.05) is 6.61 Å². The zero-order valence-corrected chi connectivity index (χ0v) is 16.2. The van der Waals surface area contributed by atoms with Gasteiger partial charge in [-0.25, -0.2) is 0 Å². The first-order valence-electron chi connectivity index (χ1n) is 7.96. The van der Waals surface area contributed by atoms with Crippen LogP contribution < -0.4 is 16.5 Å². The lowest BCUT2D eigenvalue weighted by atomic mass is 9.97. The van der Waals surface area contributed by atoms with Gasteiger partial charge in [0.15, 0.2) is 12.2 Å². The van der Waals surface area contributed by atoms with Gasteiger partial charge in [0.2, 0.25) is 5.91 Å². The molecule has 0 aromatic carbocycles. The molecule has 1 fully saturated rings. The van der Waals surface area contributed by atoms with Crippen LogP contribution >= 0.6 is 11.8 Å². The maximum atomic E-state index is 11.6. The Bertz CT molecular complexity index is 614. The van der Waals surface area contributed by atoms with Crippen molar-refractivity contribution < 1.29 is 43.5 Å². The molecular formula is C15H24N3O8S+. The van der Waals surface area contributed by atoms with Crippen molar-refractivity contribution in [1.82, 2.24) is 5.32 Å². The number of carbonyl (C=O) groups excluding carboxylic acids is 4. The molecule has 1 saturated heterocycles. The number of hydrogen-bond acceptors (Lipinski definition) is 9. The highest BCUT2D eigenvalue weighted by molar-refractivity contribution is 8.13. The quantitative estimate of drug-likeness (QED) is 0.185. The molecular weight excluding hydrogens is 382 g/mol. The van der Waals surface area contributed by atoms with Crippen LogP contribution in [0, 0.1) is 0 Å². The van der Waals surface area contributed by atoms with Gasteiger partial charge in [-0.2, -0.15) is 0 Å². The van der Waals surface area contributed by atoms with Crippen LogP contribution in [0.3, 0.4) is 0 Å². The van der Waals surface area contributed by atoms with Crippen LogP contribution in [0.25, 0.3) is 0 Å². The Morgan fingerprint density at radius 1 is 1.04 bits per heavy atom. The molecule has 1 aliphatic rings. The number of ether oxygens (including phenoxy) is 4. The smallest absolute Gasteiger partial charge is 0.303 e. The molecule has 152 valence electrons. The first-order chi connectivity index (χ1) is 12.5. The Labute approximate surface area is 160 Å². The molecule has 0 bridgehead atoms. The van der Waals surface area contributed by atoms with E-state index in [1.165, 1.54) is 13.8 Å². The summed E-state index contributed by atoms with van der Waals surface area (Å²) in [6.45, 7) is 4.50. The van der Waals surface area contributed by atoms with Crippen molar-refractivity contribution >= 4 is 40.7 Å². The van der Waals surface area contributed by atoms with Gasteiger partial charge in [-0.1, -0.05) is 0 Å². The van der Waals surface area contributed by atoms with Gasteiger partial charge in [-0.3, -0.25) is 30.3 Å². The third-order valence-corrected chi connectivity index (χ3v) is 4.23. The van der Waals surface area contributed by atoms with E-state index in [0.29, 0.717) is 0 Å². The van der Waals surface area contributed by atoms with Crippen LogP contribution in [0.2, 0.25) is 0 Å². The van der Waals surface area contributed by atoms with Gasteiger partial charge in [0.05, 0.1) is 0 Å². The minimum Gasteiger partial charge on any atom is -0.463 e. The minimum atomic E-state index is -1.14. The van der Waals surface area contributed by atoms with Gasteiger partial charge >= 0.3 is 23.1 Å². The number of carbonyl (C=O) groups is 4. The van der Waals surface area contributed by atoms with Crippen molar-refractivity contribution in [1.29, 1.82) is 0 Å². The topological polar surface area (TPSA) is 169 Å². The Kier molecular flexibility index (Phi) is 8.50. The fourth-order valence-corrected chi connectivity index (χ4v) is 3.36. The van der Waals surface area contributed by atoms with Gasteiger partial charge in [0.1, 0.15) is 24.2 Å². The summed E-state index contributed by atoms with van der Waals surface area (Å²) >= 11 is 0.878. The first-order valence-corrected chi connectivity index (χ1v) is 8.84. The summed E-state index contributed by atoms with van der Waals surface area (Å²) in [5, 5.41) is 8.07. The van der Waals surface area contributed by atoms with Crippen LogP contribution in [0.15, 0.2) is 0 Å². The summed E-state index contributed by atoms with van der Waals surface area (Å²) in [7, 11) is 0. The Morgan fingerprint density at radius 3 is 2.04 bits per heavy atom. The normalized spacial score (nSPS) is 27.2. The number of thioether (sulfide) groups is 1. The number of hydrogen-bond donors (Lipinski definition) is 3. The summed E-state index contributed by atoms with van der Waals surface area (Å²) in [5.41, 5.74) is 4.64. The summed E-state index contributed by atoms with van der Waals surface area (Å²) in [4.78, 5) is 46.0. The van der Waals surface area contributed by atoms with Gasteiger partial charge in [0, 0.05) is 27.7 Å². The molecule has 0 aliphatic carbocycles. The number of amidine groups is 1. The standard InChI is InChI=1S/C15H23N3O8S/c1-6(19)18-11-13(25-9(4)22)12(24-8(3)21)10(5-23-7(2)20)26-14(11)27-15(16)17/h10-14H,5H2,1-4H3,(H3,16,17)(H,18,19)/p+1/t10-,11-,12-,13-,14+/m1/s1. The van der Waals surface area contributed by atoms with E-state index in [0.717, 1.165) is 25.6 Å². The predicted molar refractivity (Wildman–Crippen MR) is 92.7 cm³/mol. The van der Waals surface area contributed by atoms with Crippen LogP contribution in [-0.4, -0.2) is 65.4 Å². The Balaban J connectivity index is 3.29. The molecule has 1 rings (SSSR count). The molecule has 12 heteroatoms. The number of amides is 1. The van der Waals surface area contributed by atoms with E-state index in [9.17, 15) is 19.2 Å². The number of nitrogens with one attached hydrogen (secondary N) is 1. The minimum absolute atomic E-state index is 0.0610. The molecule has 1 heterocycles. The third kappa shape index (κ3) is 7.43. The fraction of sp³-hybridized carbons (Fsp3) is 0.667. The van der Waals surface area contributed by atoms with Gasteiger partial charge in [0.25, 0.3) is 0 Å². The SMILES string of the molecule is CC(=O)N[C@@H]1[C@@H](OC(C)=O)[C@H](OC(C)=O)[C@@H](COC(C)=O)O[C@H]1SC(N)=[NH2+]. The highest BCUT2D eigenvalue weighted by atomic mass is 32.2. The summed E-state index contributed by atoms with van der Waals surface area (Å²) in [6.07, 6.45) is -3.25. The second kappa shape index (κ2) is 10.1. The maximum Gasteiger partial charge on any atom is 0.303 e. The predicted octanol–water partition coefficient (Wildman–Crippen LogP) is -2.55. The summed E-state index contributed by atoms with van der Waals surface area (Å²) < 4.78 is 21.3. The number of esters is 3. The monoisotopic (exact) mass is 406 g/mol. The molecule has 27 heavy (non-hydrogen) atoms. The second-order valence-electron chi connectivity index (χ2n) is 5.74. The molecule has 1 amide bonds. The van der Waals surface area contributed by atoms with Crippen LogP contribution in [0.4, 0.5) is 0 Å². The second-order valence-corrected chi connectivity index (χ2v) is 6.91. The Hall–Kier alpha value is -2.34. The molecule has 5 N–H and O–H groups in total. The third-order valence-electron chi connectivity index (χ3n) is 3.32. The van der Waals surface area contributed by atoms with E-state index in [1.54, 1.807) is 0 Å². The molecule has 0 radical (unpaired) electrons. The average Bonchev–Trinajstić information content (AvgIpc) is 2.49. The molecule has 5 atom stereocenters. The van der Waals surface area contributed by atoms with Gasteiger partial charge in [-0.15, -0.1) is 0 Å². The molecule has 1 aliphatic heterocycles. The molecule has 0 aromatic rings. The van der Waals surface area contributed by atoms with E-state index in [2.05, 4.69) is 5.32 Å². The van der Waals surface area contributed by atoms with E-state index >= 15 is 0 Å². The first kappa shape index (κ1) is 22.7.